The molecule has 0 N–H and O–H groups in total. The van der Waals surface area contributed by atoms with Crippen molar-refractivity contribution in [2.75, 3.05) is 7.11 Å². The van der Waals surface area contributed by atoms with Gasteiger partial charge in [0.15, 0.2) is 12.4 Å². The van der Waals surface area contributed by atoms with Crippen molar-refractivity contribution in [3.05, 3.63) is 82.2 Å². The molecule has 9 heteroatoms. The average molecular weight is 408 g/mol. The molecule has 2 fully saturated rings. The van der Waals surface area contributed by atoms with Crippen molar-refractivity contribution in [2.24, 2.45) is 5.11 Å². The monoisotopic (exact) mass is 408 g/mol. The maximum Gasteiger partial charge on any atom is 0.357 e. The average Bonchev–Trinajstić information content (AvgIpc) is 2.80. The lowest BCUT2D eigenvalue weighted by Crippen LogP contribution is -2.73. The molecule has 4 rings (SSSR count). The largest absolute Gasteiger partial charge is 0.449 e. The molecule has 9 nitrogen and oxygen atoms in total. The van der Waals surface area contributed by atoms with Gasteiger partial charge < -0.3 is 19.1 Å². The van der Waals surface area contributed by atoms with Gasteiger partial charge in [0.05, 0.1) is 6.04 Å². The van der Waals surface area contributed by atoms with Crippen LogP contribution in [0.15, 0.2) is 65.8 Å². The van der Waals surface area contributed by atoms with Gasteiger partial charge in [-0.2, -0.15) is 0 Å². The van der Waals surface area contributed by atoms with E-state index in [-0.39, 0.29) is 0 Å². The summed E-state index contributed by atoms with van der Waals surface area (Å²) in [6.45, 7) is 0. The lowest BCUT2D eigenvalue weighted by Gasteiger charge is -2.52. The molecule has 0 unspecified atom stereocenters. The number of hydrogen-bond donors (Lipinski definition) is 0. The first kappa shape index (κ1) is 19.9. The third-order valence-electron chi connectivity index (χ3n) is 5.28. The number of esters is 1. The zero-order valence-electron chi connectivity index (χ0n) is 16.2. The Morgan fingerprint density at radius 2 is 1.77 bits per heavy atom. The van der Waals surface area contributed by atoms with E-state index in [2.05, 4.69) is 10.0 Å². The minimum absolute atomic E-state index is 0.302. The van der Waals surface area contributed by atoms with E-state index in [0.29, 0.717) is 6.42 Å². The highest BCUT2D eigenvalue weighted by atomic mass is 16.7. The number of carbonyl (C=O) groups excluding carboxylic acids is 2. The fourth-order valence-corrected chi connectivity index (χ4v) is 3.81. The van der Waals surface area contributed by atoms with Crippen LogP contribution in [0.3, 0.4) is 0 Å². The van der Waals surface area contributed by atoms with Crippen LogP contribution >= 0.6 is 0 Å². The van der Waals surface area contributed by atoms with Crippen molar-refractivity contribution >= 4 is 11.9 Å². The minimum atomic E-state index is -1.28. The summed E-state index contributed by atoms with van der Waals surface area (Å²) in [6, 6.07) is 17.3. The van der Waals surface area contributed by atoms with Gasteiger partial charge in [0.1, 0.15) is 6.04 Å². The Hall–Kier alpha value is -3.39. The molecule has 1 amide bonds. The summed E-state index contributed by atoms with van der Waals surface area (Å²) in [4.78, 5) is 29.6. The van der Waals surface area contributed by atoms with Crippen molar-refractivity contribution in [1.82, 2.24) is 4.90 Å². The number of hydrogen-bond acceptors (Lipinski definition) is 6. The number of rotatable bonds is 6. The molecule has 2 aliphatic rings. The molecule has 0 radical (unpaired) electrons. The zero-order chi connectivity index (χ0) is 21.1. The number of fused-ring (bicyclic) bond motifs is 1. The number of nitrogens with zero attached hydrogens (tertiary/aromatic N) is 4. The van der Waals surface area contributed by atoms with Crippen LogP contribution in [0, 0.1) is 0 Å². The predicted octanol–water partition coefficient (Wildman–Crippen LogP) is 2.93. The highest BCUT2D eigenvalue weighted by Gasteiger charge is 2.57. The fourth-order valence-electron chi connectivity index (χ4n) is 3.81. The predicted molar refractivity (Wildman–Crippen MR) is 105 cm³/mol. The smallest absolute Gasteiger partial charge is 0.357 e. The maximum atomic E-state index is 13.1. The SMILES string of the molecule is CO[C@@H]1C[C@H]2[C@H](N=[N+]=[N-])C(=O)N2[C@@H](C(=O)OC(c2ccccc2)c2ccccc2)O1. The first-order chi connectivity index (χ1) is 14.6. The van der Waals surface area contributed by atoms with Crippen LogP contribution in [0.2, 0.25) is 0 Å². The maximum absolute atomic E-state index is 13.1. The summed E-state index contributed by atoms with van der Waals surface area (Å²) >= 11 is 0. The quantitative estimate of drug-likeness (QED) is 0.240. The van der Waals surface area contributed by atoms with Crippen LogP contribution < -0.4 is 0 Å². The molecular formula is C21H20N4O5. The van der Waals surface area contributed by atoms with E-state index < -0.39 is 42.6 Å². The first-order valence-electron chi connectivity index (χ1n) is 9.49. The molecule has 0 spiro atoms. The highest BCUT2D eigenvalue weighted by Crippen LogP contribution is 2.37. The zero-order valence-corrected chi connectivity index (χ0v) is 16.2. The van der Waals surface area contributed by atoms with E-state index in [4.69, 9.17) is 19.7 Å². The van der Waals surface area contributed by atoms with Crippen LogP contribution in [0.25, 0.3) is 10.4 Å². The van der Waals surface area contributed by atoms with Gasteiger partial charge in [0.25, 0.3) is 0 Å². The number of benzene rings is 2. The second-order valence-corrected chi connectivity index (χ2v) is 6.99. The summed E-state index contributed by atoms with van der Waals surface area (Å²) in [5, 5.41) is 3.54. The van der Waals surface area contributed by atoms with Crippen LogP contribution in [0.4, 0.5) is 0 Å². The highest BCUT2D eigenvalue weighted by molar-refractivity contribution is 5.93. The van der Waals surface area contributed by atoms with E-state index >= 15 is 0 Å². The minimum Gasteiger partial charge on any atom is -0.449 e. The van der Waals surface area contributed by atoms with E-state index in [1.165, 1.54) is 12.0 Å². The van der Waals surface area contributed by atoms with Crippen LogP contribution in [0.5, 0.6) is 0 Å². The number of amides is 1. The Bertz CT molecular complexity index is 924. The standard InChI is InChI=1S/C21H20N4O5/c1-28-16-12-15-17(23-24-22)19(26)25(15)20(29-16)21(27)30-18(13-8-4-2-5-9-13)14-10-6-3-7-11-14/h2-11,15-18,20H,12H2,1H3/t15-,16-,17-,20+/m0/s1. The molecule has 0 aliphatic carbocycles. The molecular weight excluding hydrogens is 388 g/mol. The van der Waals surface area contributed by atoms with Gasteiger partial charge in [0, 0.05) is 18.4 Å². The van der Waals surface area contributed by atoms with Crippen LogP contribution in [-0.2, 0) is 23.8 Å². The van der Waals surface area contributed by atoms with Crippen molar-refractivity contribution in [3.8, 4) is 0 Å². The molecule has 2 heterocycles. The Morgan fingerprint density at radius 3 is 2.30 bits per heavy atom. The Kier molecular flexibility index (Phi) is 5.67. The van der Waals surface area contributed by atoms with E-state index in [9.17, 15) is 9.59 Å². The van der Waals surface area contributed by atoms with Crippen molar-refractivity contribution in [1.29, 1.82) is 0 Å². The summed E-state index contributed by atoms with van der Waals surface area (Å²) in [7, 11) is 1.45. The summed E-state index contributed by atoms with van der Waals surface area (Å²) in [5.41, 5.74) is 10.3. The summed E-state index contributed by atoms with van der Waals surface area (Å²) < 4.78 is 16.8. The van der Waals surface area contributed by atoms with Gasteiger partial charge in [0.2, 0.25) is 12.1 Å². The third kappa shape index (κ3) is 3.61. The summed E-state index contributed by atoms with van der Waals surface area (Å²) in [6.07, 6.45) is -2.37. The molecule has 2 aromatic carbocycles. The number of azide groups is 1. The second-order valence-electron chi connectivity index (χ2n) is 6.99. The number of carbonyl (C=O) groups is 2. The van der Waals surface area contributed by atoms with Gasteiger partial charge in [-0.25, -0.2) is 4.79 Å². The molecule has 2 aliphatic heterocycles. The van der Waals surface area contributed by atoms with Crippen molar-refractivity contribution < 1.29 is 23.8 Å². The van der Waals surface area contributed by atoms with Crippen LogP contribution in [0.1, 0.15) is 23.7 Å². The molecule has 2 aromatic rings. The van der Waals surface area contributed by atoms with Crippen molar-refractivity contribution in [3.63, 3.8) is 0 Å². The number of ether oxygens (including phenoxy) is 3. The first-order valence-corrected chi connectivity index (χ1v) is 9.49. The number of methoxy groups -OCH3 is 1. The molecule has 30 heavy (non-hydrogen) atoms. The second kappa shape index (κ2) is 8.54. The van der Waals surface area contributed by atoms with Gasteiger partial charge in [-0.05, 0) is 16.7 Å². The lowest BCUT2D eigenvalue weighted by atomic mass is 9.90. The molecule has 4 atom stereocenters. The Balaban J connectivity index is 1.60. The topological polar surface area (TPSA) is 114 Å². The Morgan fingerprint density at radius 1 is 1.17 bits per heavy atom. The molecule has 0 saturated carbocycles. The number of β-lactam (4-membered cyclic amide) rings is 1. The van der Waals surface area contributed by atoms with Gasteiger partial charge >= 0.3 is 5.97 Å². The van der Waals surface area contributed by atoms with Crippen LogP contribution in [-0.4, -0.2) is 48.5 Å². The van der Waals surface area contributed by atoms with Crippen molar-refractivity contribution in [2.45, 2.75) is 37.1 Å². The summed E-state index contributed by atoms with van der Waals surface area (Å²) in [5.74, 6) is -1.18. The van der Waals surface area contributed by atoms with Gasteiger partial charge in [-0.3, -0.25) is 4.79 Å². The van der Waals surface area contributed by atoms with Gasteiger partial charge in [-0.15, -0.1) is 0 Å². The van der Waals surface area contributed by atoms with E-state index in [0.717, 1.165) is 11.1 Å². The fraction of sp³-hybridized carbons (Fsp3) is 0.333. The molecule has 154 valence electrons. The van der Waals surface area contributed by atoms with Gasteiger partial charge in [-0.1, -0.05) is 65.8 Å². The Labute approximate surface area is 172 Å². The molecule has 0 aromatic heterocycles. The lowest BCUT2D eigenvalue weighted by molar-refractivity contribution is -0.264. The molecule has 2 saturated heterocycles. The van der Waals surface area contributed by atoms with E-state index in [1.807, 2.05) is 60.7 Å². The van der Waals surface area contributed by atoms with E-state index in [1.54, 1.807) is 0 Å². The normalized spacial score (nSPS) is 25.1. The third-order valence-corrected chi connectivity index (χ3v) is 5.28. The molecule has 0 bridgehead atoms.